The van der Waals surface area contributed by atoms with E-state index in [-0.39, 0.29) is 11.8 Å². The molecule has 2 aliphatic heterocycles. The van der Waals surface area contributed by atoms with Crippen LogP contribution in [0.1, 0.15) is 19.3 Å². The average molecular weight is 343 g/mol. The Morgan fingerprint density at radius 1 is 1.04 bits per heavy atom. The lowest BCUT2D eigenvalue weighted by atomic mass is 9.93. The topological polar surface area (TPSA) is 61.9 Å². The first-order valence-corrected chi connectivity index (χ1v) is 9.72. The average Bonchev–Trinajstić information content (AvgIpc) is 2.61. The van der Waals surface area contributed by atoms with Gasteiger partial charge in [0.05, 0.1) is 24.7 Å². The van der Waals surface area contributed by atoms with Gasteiger partial charge in [0.1, 0.15) is 0 Å². The lowest BCUT2D eigenvalue weighted by Gasteiger charge is -2.32. The summed E-state index contributed by atoms with van der Waals surface area (Å²) in [6, 6.07) is 0. The van der Waals surface area contributed by atoms with Gasteiger partial charge >= 0.3 is 0 Å². The van der Waals surface area contributed by atoms with Crippen LogP contribution in [-0.2, 0) is 14.3 Å². The van der Waals surface area contributed by atoms with Gasteiger partial charge in [-0.15, -0.1) is 11.8 Å². The molecule has 0 unspecified atom stereocenters. The summed E-state index contributed by atoms with van der Waals surface area (Å²) < 4.78 is 5.24. The molecule has 2 fully saturated rings. The lowest BCUT2D eigenvalue weighted by molar-refractivity contribution is -0.132. The molecule has 0 spiro atoms. The van der Waals surface area contributed by atoms with Crippen molar-refractivity contribution in [2.24, 2.45) is 5.92 Å². The highest BCUT2D eigenvalue weighted by Gasteiger charge is 2.23. The highest BCUT2D eigenvalue weighted by molar-refractivity contribution is 8.00. The zero-order valence-electron chi connectivity index (χ0n) is 14.1. The molecule has 0 atom stereocenters. The molecule has 23 heavy (non-hydrogen) atoms. The van der Waals surface area contributed by atoms with Gasteiger partial charge in [0, 0.05) is 26.2 Å². The van der Waals surface area contributed by atoms with Crippen LogP contribution in [-0.4, -0.2) is 86.1 Å². The van der Waals surface area contributed by atoms with Gasteiger partial charge in [-0.3, -0.25) is 9.59 Å². The summed E-state index contributed by atoms with van der Waals surface area (Å²) in [5.74, 6) is 1.84. The van der Waals surface area contributed by atoms with E-state index >= 15 is 0 Å². The van der Waals surface area contributed by atoms with Crippen molar-refractivity contribution in [3.05, 3.63) is 0 Å². The van der Waals surface area contributed by atoms with Crippen LogP contribution >= 0.6 is 11.8 Å². The predicted molar refractivity (Wildman–Crippen MR) is 92.6 cm³/mol. The van der Waals surface area contributed by atoms with E-state index in [0.29, 0.717) is 37.8 Å². The van der Waals surface area contributed by atoms with Gasteiger partial charge < -0.3 is 19.9 Å². The second-order valence-electron chi connectivity index (χ2n) is 6.20. The number of ether oxygens (including phenoxy) is 1. The monoisotopic (exact) mass is 343 g/mol. The molecule has 2 rings (SSSR count). The summed E-state index contributed by atoms with van der Waals surface area (Å²) in [7, 11) is 1.98. The number of nitrogens with one attached hydrogen (secondary N) is 1. The van der Waals surface area contributed by atoms with Crippen molar-refractivity contribution < 1.29 is 14.3 Å². The van der Waals surface area contributed by atoms with E-state index in [1.54, 1.807) is 0 Å². The number of nitrogens with zero attached hydrogens (tertiary/aromatic N) is 2. The number of piperidine rings is 1. The smallest absolute Gasteiger partial charge is 0.232 e. The number of morpholine rings is 1. The molecule has 2 heterocycles. The first-order valence-electron chi connectivity index (χ1n) is 8.56. The molecule has 0 aromatic rings. The van der Waals surface area contributed by atoms with E-state index in [9.17, 15) is 9.59 Å². The fourth-order valence-electron chi connectivity index (χ4n) is 3.04. The summed E-state index contributed by atoms with van der Waals surface area (Å²) in [4.78, 5) is 28.0. The van der Waals surface area contributed by atoms with E-state index in [1.807, 2.05) is 16.8 Å². The molecule has 6 nitrogen and oxygen atoms in total. The fraction of sp³-hybridized carbons (Fsp3) is 0.875. The second kappa shape index (κ2) is 10.2. The van der Waals surface area contributed by atoms with Crippen molar-refractivity contribution in [3.8, 4) is 0 Å². The van der Waals surface area contributed by atoms with Crippen LogP contribution in [0.15, 0.2) is 0 Å². The van der Waals surface area contributed by atoms with E-state index in [2.05, 4.69) is 5.32 Å². The molecule has 2 aliphatic rings. The van der Waals surface area contributed by atoms with Crippen LogP contribution in [0.25, 0.3) is 0 Å². The van der Waals surface area contributed by atoms with Gasteiger partial charge in [-0.05, 0) is 38.8 Å². The third-order valence-electron chi connectivity index (χ3n) is 4.58. The number of carbonyl (C=O) groups is 2. The standard InChI is InChI=1S/C16H29N3O3S/c1-17-5-2-14-3-6-18(7-4-14)15(20)12-23-13-16(21)19-8-10-22-11-9-19/h14,17H,2-13H2,1H3. The predicted octanol–water partition coefficient (Wildman–Crippen LogP) is 0.427. The molecule has 0 aromatic heterocycles. The summed E-state index contributed by atoms with van der Waals surface area (Å²) in [6.07, 6.45) is 3.40. The maximum Gasteiger partial charge on any atom is 0.232 e. The maximum atomic E-state index is 12.2. The third-order valence-corrected chi connectivity index (χ3v) is 5.49. The summed E-state index contributed by atoms with van der Waals surface area (Å²) >= 11 is 1.44. The van der Waals surface area contributed by atoms with Gasteiger partial charge in [-0.1, -0.05) is 0 Å². The Bertz CT molecular complexity index is 381. The molecule has 1 N–H and O–H groups in total. The van der Waals surface area contributed by atoms with E-state index < -0.39 is 0 Å². The summed E-state index contributed by atoms with van der Waals surface area (Å²) in [5.41, 5.74) is 0. The van der Waals surface area contributed by atoms with Crippen molar-refractivity contribution in [2.75, 3.05) is 64.5 Å². The van der Waals surface area contributed by atoms with Crippen molar-refractivity contribution in [3.63, 3.8) is 0 Å². The quantitative estimate of drug-likeness (QED) is 0.726. The van der Waals surface area contributed by atoms with Gasteiger partial charge in [0.25, 0.3) is 0 Å². The lowest BCUT2D eigenvalue weighted by Crippen LogP contribution is -2.42. The van der Waals surface area contributed by atoms with Crippen molar-refractivity contribution in [1.29, 1.82) is 0 Å². The largest absolute Gasteiger partial charge is 0.378 e. The molecule has 7 heteroatoms. The Labute approximate surface area is 143 Å². The van der Waals surface area contributed by atoms with Crippen LogP contribution in [0.5, 0.6) is 0 Å². The number of amides is 2. The van der Waals surface area contributed by atoms with Crippen LogP contribution in [0.3, 0.4) is 0 Å². The van der Waals surface area contributed by atoms with Gasteiger partial charge in [0.15, 0.2) is 0 Å². The molecule has 0 radical (unpaired) electrons. The molecule has 2 amide bonds. The minimum atomic E-state index is 0.122. The van der Waals surface area contributed by atoms with E-state index in [4.69, 9.17) is 4.74 Å². The Morgan fingerprint density at radius 2 is 1.61 bits per heavy atom. The van der Waals surface area contributed by atoms with Crippen LogP contribution in [0.2, 0.25) is 0 Å². The Balaban J connectivity index is 1.59. The van der Waals surface area contributed by atoms with Gasteiger partial charge in [0.2, 0.25) is 11.8 Å². The fourth-order valence-corrected chi connectivity index (χ4v) is 3.86. The molecule has 132 valence electrons. The number of hydrogen-bond acceptors (Lipinski definition) is 5. The zero-order valence-corrected chi connectivity index (χ0v) is 14.9. The first-order chi connectivity index (χ1) is 11.2. The molecule has 2 saturated heterocycles. The van der Waals surface area contributed by atoms with Gasteiger partial charge in [-0.2, -0.15) is 0 Å². The third kappa shape index (κ3) is 6.31. The molecule has 0 aliphatic carbocycles. The molecule has 0 saturated carbocycles. The SMILES string of the molecule is CNCCC1CCN(C(=O)CSCC(=O)N2CCOCC2)CC1. The first kappa shape index (κ1) is 18.5. The highest BCUT2D eigenvalue weighted by Crippen LogP contribution is 2.20. The molecular formula is C16H29N3O3S. The summed E-state index contributed by atoms with van der Waals surface area (Å²) in [5, 5.41) is 3.19. The number of hydrogen-bond donors (Lipinski definition) is 1. The van der Waals surface area contributed by atoms with Crippen molar-refractivity contribution >= 4 is 23.6 Å². The molecule has 0 bridgehead atoms. The van der Waals surface area contributed by atoms with Crippen LogP contribution in [0.4, 0.5) is 0 Å². The maximum absolute atomic E-state index is 12.2. The van der Waals surface area contributed by atoms with Crippen LogP contribution < -0.4 is 5.32 Å². The number of likely N-dealkylation sites (tertiary alicyclic amines) is 1. The minimum absolute atomic E-state index is 0.122. The Morgan fingerprint density at radius 3 is 2.17 bits per heavy atom. The Kier molecular flexibility index (Phi) is 8.19. The number of rotatable bonds is 7. The Hall–Kier alpha value is -0.790. The normalized spacial score (nSPS) is 19.9. The van der Waals surface area contributed by atoms with Crippen molar-refractivity contribution in [2.45, 2.75) is 19.3 Å². The minimum Gasteiger partial charge on any atom is -0.378 e. The second-order valence-corrected chi connectivity index (χ2v) is 7.19. The van der Waals surface area contributed by atoms with E-state index in [1.165, 1.54) is 18.2 Å². The number of carbonyl (C=O) groups excluding carboxylic acids is 2. The highest BCUT2D eigenvalue weighted by atomic mass is 32.2. The zero-order chi connectivity index (χ0) is 16.5. The van der Waals surface area contributed by atoms with Crippen molar-refractivity contribution in [1.82, 2.24) is 15.1 Å². The summed E-state index contributed by atoms with van der Waals surface area (Å²) in [6.45, 7) is 5.38. The van der Waals surface area contributed by atoms with Crippen LogP contribution in [0, 0.1) is 5.92 Å². The number of thioether (sulfide) groups is 1. The molecular weight excluding hydrogens is 314 g/mol. The molecule has 0 aromatic carbocycles. The van der Waals surface area contributed by atoms with E-state index in [0.717, 1.165) is 38.4 Å². The van der Waals surface area contributed by atoms with Gasteiger partial charge in [-0.25, -0.2) is 0 Å².